The van der Waals surface area contributed by atoms with Crippen LogP contribution in [0.25, 0.3) is 0 Å². The number of morpholine rings is 1. The lowest BCUT2D eigenvalue weighted by molar-refractivity contribution is 0.00470. The van der Waals surface area contributed by atoms with E-state index in [9.17, 15) is 5.11 Å². The molecule has 1 aliphatic heterocycles. The number of aliphatic hydroxyl groups is 1. The van der Waals surface area contributed by atoms with Gasteiger partial charge in [0.1, 0.15) is 11.5 Å². The highest BCUT2D eigenvalue weighted by Gasteiger charge is 2.28. The van der Waals surface area contributed by atoms with Crippen molar-refractivity contribution >= 4 is 11.6 Å². The first kappa shape index (κ1) is 18.2. The molecule has 1 aliphatic rings. The largest absolute Gasteiger partial charge is 0.457 e. The number of hydrogen-bond donors (Lipinski definition) is 1. The quantitative estimate of drug-likeness (QED) is 0.842. The summed E-state index contributed by atoms with van der Waals surface area (Å²) >= 11 is 5.92. The van der Waals surface area contributed by atoms with Crippen molar-refractivity contribution in [1.82, 2.24) is 4.90 Å². The normalized spacial score (nSPS) is 17.9. The van der Waals surface area contributed by atoms with E-state index in [0.29, 0.717) is 22.9 Å². The number of benzene rings is 2. The van der Waals surface area contributed by atoms with Gasteiger partial charge in [0.05, 0.1) is 18.8 Å². The summed E-state index contributed by atoms with van der Waals surface area (Å²) in [7, 11) is 0. The average Bonchev–Trinajstić information content (AvgIpc) is 2.63. The maximum absolute atomic E-state index is 11.1. The molecule has 25 heavy (non-hydrogen) atoms. The number of hydrogen-bond acceptors (Lipinski definition) is 4. The number of nitrogens with zero attached hydrogens (tertiary/aromatic N) is 1. The van der Waals surface area contributed by atoms with Crippen molar-refractivity contribution in [3.8, 4) is 11.5 Å². The van der Waals surface area contributed by atoms with Gasteiger partial charge in [0.15, 0.2) is 0 Å². The van der Waals surface area contributed by atoms with Crippen LogP contribution in [-0.2, 0) is 10.3 Å². The number of ether oxygens (including phenoxy) is 2. The minimum Gasteiger partial charge on any atom is -0.457 e. The molecule has 2 aromatic rings. The summed E-state index contributed by atoms with van der Waals surface area (Å²) in [5, 5.41) is 11.7. The Hall–Kier alpha value is -1.59. The van der Waals surface area contributed by atoms with Crippen LogP contribution < -0.4 is 4.74 Å². The molecule has 1 unspecified atom stereocenters. The Bertz CT molecular complexity index is 682. The molecule has 2 aromatic carbocycles. The molecule has 3 rings (SSSR count). The SMILES string of the molecule is CC(O)(CCN1CCOCC1)c1ccccc1Oc1ccc(Cl)cc1. The highest BCUT2D eigenvalue weighted by Crippen LogP contribution is 2.35. The molecule has 1 saturated heterocycles. The van der Waals surface area contributed by atoms with Gasteiger partial charge in [0.2, 0.25) is 0 Å². The Kier molecular flexibility index (Phi) is 5.97. The van der Waals surface area contributed by atoms with Crippen LogP contribution in [0.2, 0.25) is 5.02 Å². The number of halogens is 1. The first-order chi connectivity index (χ1) is 12.0. The minimum atomic E-state index is -0.971. The van der Waals surface area contributed by atoms with Gasteiger partial charge in [-0.15, -0.1) is 0 Å². The van der Waals surface area contributed by atoms with Crippen LogP contribution in [0.5, 0.6) is 11.5 Å². The van der Waals surface area contributed by atoms with Gasteiger partial charge in [-0.05, 0) is 43.7 Å². The van der Waals surface area contributed by atoms with Crippen molar-refractivity contribution in [2.45, 2.75) is 18.9 Å². The zero-order valence-corrected chi connectivity index (χ0v) is 15.2. The lowest BCUT2D eigenvalue weighted by Gasteiger charge is -2.31. The van der Waals surface area contributed by atoms with Crippen molar-refractivity contribution in [1.29, 1.82) is 0 Å². The van der Waals surface area contributed by atoms with Gasteiger partial charge in [0.25, 0.3) is 0 Å². The van der Waals surface area contributed by atoms with Gasteiger partial charge in [-0.25, -0.2) is 0 Å². The molecule has 0 spiro atoms. The van der Waals surface area contributed by atoms with E-state index in [4.69, 9.17) is 21.1 Å². The fraction of sp³-hybridized carbons (Fsp3) is 0.400. The molecule has 0 bridgehead atoms. The summed E-state index contributed by atoms with van der Waals surface area (Å²) in [4.78, 5) is 2.32. The van der Waals surface area contributed by atoms with E-state index in [1.54, 1.807) is 12.1 Å². The summed E-state index contributed by atoms with van der Waals surface area (Å²) in [5.74, 6) is 1.36. The van der Waals surface area contributed by atoms with E-state index in [0.717, 1.165) is 38.4 Å². The summed E-state index contributed by atoms with van der Waals surface area (Å²) in [6, 6.07) is 14.9. The van der Waals surface area contributed by atoms with Gasteiger partial charge in [-0.1, -0.05) is 29.8 Å². The van der Waals surface area contributed by atoms with Crippen molar-refractivity contribution < 1.29 is 14.6 Å². The zero-order valence-electron chi connectivity index (χ0n) is 14.5. The highest BCUT2D eigenvalue weighted by atomic mass is 35.5. The summed E-state index contributed by atoms with van der Waals surface area (Å²) in [5.41, 5.74) is -0.181. The Morgan fingerprint density at radius 2 is 1.80 bits per heavy atom. The molecular weight excluding hydrogens is 338 g/mol. The van der Waals surface area contributed by atoms with E-state index in [1.165, 1.54) is 0 Å². The average molecular weight is 362 g/mol. The second kappa shape index (κ2) is 8.19. The van der Waals surface area contributed by atoms with Crippen LogP contribution in [0, 0.1) is 0 Å². The molecule has 4 nitrogen and oxygen atoms in total. The topological polar surface area (TPSA) is 41.9 Å². The van der Waals surface area contributed by atoms with Gasteiger partial charge < -0.3 is 14.6 Å². The number of para-hydroxylation sites is 1. The van der Waals surface area contributed by atoms with Gasteiger partial charge in [0, 0.05) is 30.2 Å². The molecule has 5 heteroatoms. The molecular formula is C20H24ClNO3. The summed E-state index contributed by atoms with van der Waals surface area (Å²) in [6.45, 7) is 6.03. The molecule has 0 aliphatic carbocycles. The van der Waals surface area contributed by atoms with E-state index in [2.05, 4.69) is 4.90 Å². The van der Waals surface area contributed by atoms with Crippen LogP contribution in [0.4, 0.5) is 0 Å². The highest BCUT2D eigenvalue weighted by molar-refractivity contribution is 6.30. The van der Waals surface area contributed by atoms with Crippen LogP contribution >= 0.6 is 11.6 Å². The second-order valence-electron chi connectivity index (χ2n) is 6.53. The molecule has 1 heterocycles. The third-order valence-electron chi connectivity index (χ3n) is 4.53. The summed E-state index contributed by atoms with van der Waals surface area (Å²) < 4.78 is 11.4. The first-order valence-electron chi connectivity index (χ1n) is 8.60. The molecule has 0 radical (unpaired) electrons. The van der Waals surface area contributed by atoms with E-state index in [-0.39, 0.29) is 0 Å². The smallest absolute Gasteiger partial charge is 0.133 e. The van der Waals surface area contributed by atoms with Crippen molar-refractivity contribution in [2.24, 2.45) is 0 Å². The Balaban J connectivity index is 1.72. The third-order valence-corrected chi connectivity index (χ3v) is 4.78. The van der Waals surface area contributed by atoms with E-state index < -0.39 is 5.60 Å². The fourth-order valence-electron chi connectivity index (χ4n) is 2.97. The predicted octanol–water partition coefficient (Wildman–Crippen LogP) is 4.06. The molecule has 1 atom stereocenters. The standard InChI is InChI=1S/C20H24ClNO3/c1-20(23,10-11-22-12-14-24-15-13-22)18-4-2-3-5-19(18)25-17-8-6-16(21)7-9-17/h2-9,23H,10-15H2,1H3. The molecule has 0 saturated carbocycles. The monoisotopic (exact) mass is 361 g/mol. The zero-order chi connectivity index (χ0) is 17.7. The maximum Gasteiger partial charge on any atom is 0.133 e. The lowest BCUT2D eigenvalue weighted by atomic mass is 9.91. The molecule has 0 amide bonds. The van der Waals surface area contributed by atoms with Crippen LogP contribution in [-0.4, -0.2) is 42.9 Å². The predicted molar refractivity (Wildman–Crippen MR) is 99.4 cm³/mol. The molecule has 1 fully saturated rings. The lowest BCUT2D eigenvalue weighted by Crippen LogP contribution is -2.39. The maximum atomic E-state index is 11.1. The van der Waals surface area contributed by atoms with Crippen LogP contribution in [0.3, 0.4) is 0 Å². The Morgan fingerprint density at radius 3 is 2.52 bits per heavy atom. The van der Waals surface area contributed by atoms with Gasteiger partial charge >= 0.3 is 0 Å². The Labute approximate surface area is 153 Å². The van der Waals surface area contributed by atoms with E-state index in [1.807, 2.05) is 43.3 Å². The third kappa shape index (κ3) is 4.95. The van der Waals surface area contributed by atoms with Crippen LogP contribution in [0.1, 0.15) is 18.9 Å². The number of rotatable bonds is 6. The van der Waals surface area contributed by atoms with Crippen LogP contribution in [0.15, 0.2) is 48.5 Å². The van der Waals surface area contributed by atoms with Crippen molar-refractivity contribution in [2.75, 3.05) is 32.8 Å². The molecule has 134 valence electrons. The summed E-state index contributed by atoms with van der Waals surface area (Å²) in [6.07, 6.45) is 0.633. The van der Waals surface area contributed by atoms with Crippen molar-refractivity contribution in [3.63, 3.8) is 0 Å². The Morgan fingerprint density at radius 1 is 1.12 bits per heavy atom. The van der Waals surface area contributed by atoms with Gasteiger partial charge in [-0.2, -0.15) is 0 Å². The molecule has 1 N–H and O–H groups in total. The first-order valence-corrected chi connectivity index (χ1v) is 8.98. The van der Waals surface area contributed by atoms with Gasteiger partial charge in [-0.3, -0.25) is 4.90 Å². The second-order valence-corrected chi connectivity index (χ2v) is 6.97. The van der Waals surface area contributed by atoms with E-state index >= 15 is 0 Å². The molecule has 0 aromatic heterocycles. The minimum absolute atomic E-state index is 0.633. The fourth-order valence-corrected chi connectivity index (χ4v) is 3.09. The van der Waals surface area contributed by atoms with Crippen molar-refractivity contribution in [3.05, 3.63) is 59.1 Å².